The van der Waals surface area contributed by atoms with Gasteiger partial charge in [-0.25, -0.2) is 8.42 Å². The number of nitrogens with zero attached hydrogens (tertiary/aromatic N) is 1. The van der Waals surface area contributed by atoms with Crippen molar-refractivity contribution in [2.24, 2.45) is 0 Å². The van der Waals surface area contributed by atoms with Crippen molar-refractivity contribution < 1.29 is 12.8 Å². The normalized spacial score (nSPS) is 12.0. The first kappa shape index (κ1) is 13.8. The Morgan fingerprint density at radius 1 is 1.05 bits per heavy atom. The van der Waals surface area contributed by atoms with E-state index >= 15 is 0 Å². The number of rotatable bonds is 4. The molecular formula is C14H17NO3S. The Morgan fingerprint density at radius 2 is 1.68 bits per heavy atom. The van der Waals surface area contributed by atoms with Crippen molar-refractivity contribution in [2.75, 3.05) is 7.05 Å². The van der Waals surface area contributed by atoms with E-state index in [9.17, 15) is 8.42 Å². The molecule has 0 amide bonds. The Bertz CT molecular complexity index is 656. The maximum atomic E-state index is 12.3. The van der Waals surface area contributed by atoms with Gasteiger partial charge in [-0.15, -0.1) is 0 Å². The number of hydrogen-bond donors (Lipinski definition) is 0. The van der Waals surface area contributed by atoms with E-state index in [-0.39, 0.29) is 6.54 Å². The highest BCUT2D eigenvalue weighted by Gasteiger charge is 2.21. The van der Waals surface area contributed by atoms with E-state index in [1.165, 1.54) is 4.31 Å². The molecule has 5 heteroatoms. The second kappa shape index (κ2) is 5.19. The molecule has 0 atom stereocenters. The molecule has 0 fully saturated rings. The summed E-state index contributed by atoms with van der Waals surface area (Å²) >= 11 is 0. The lowest BCUT2D eigenvalue weighted by Gasteiger charge is -2.16. The van der Waals surface area contributed by atoms with E-state index in [4.69, 9.17) is 4.42 Å². The Balaban J connectivity index is 2.21. The quantitative estimate of drug-likeness (QED) is 0.864. The van der Waals surface area contributed by atoms with E-state index < -0.39 is 10.0 Å². The average molecular weight is 279 g/mol. The van der Waals surface area contributed by atoms with Crippen molar-refractivity contribution >= 4 is 10.0 Å². The first-order valence-corrected chi connectivity index (χ1v) is 7.42. The van der Waals surface area contributed by atoms with Gasteiger partial charge in [-0.1, -0.05) is 17.7 Å². The lowest BCUT2D eigenvalue weighted by molar-refractivity contribution is 0.397. The predicted octanol–water partition coefficient (Wildman–Crippen LogP) is 2.72. The number of benzene rings is 1. The third kappa shape index (κ3) is 3.05. The van der Waals surface area contributed by atoms with Crippen LogP contribution in [-0.2, 0) is 16.6 Å². The van der Waals surface area contributed by atoms with E-state index in [0.717, 1.165) is 11.3 Å². The van der Waals surface area contributed by atoms with Crippen molar-refractivity contribution in [3.05, 3.63) is 53.5 Å². The van der Waals surface area contributed by atoms with Crippen molar-refractivity contribution in [2.45, 2.75) is 25.3 Å². The van der Waals surface area contributed by atoms with Gasteiger partial charge in [0.1, 0.15) is 11.5 Å². The summed E-state index contributed by atoms with van der Waals surface area (Å²) in [5, 5.41) is 0. The van der Waals surface area contributed by atoms with Crippen LogP contribution < -0.4 is 0 Å². The summed E-state index contributed by atoms with van der Waals surface area (Å²) in [7, 11) is -1.92. The molecule has 0 radical (unpaired) electrons. The van der Waals surface area contributed by atoms with Gasteiger partial charge in [-0.2, -0.15) is 4.31 Å². The smallest absolute Gasteiger partial charge is 0.243 e. The molecule has 4 nitrogen and oxygen atoms in total. The molecule has 0 spiro atoms. The SMILES string of the molecule is Cc1ccc(S(=O)(=O)N(C)Cc2ccc(C)o2)cc1. The maximum Gasteiger partial charge on any atom is 0.243 e. The zero-order chi connectivity index (χ0) is 14.0. The molecule has 0 aliphatic heterocycles. The standard InChI is InChI=1S/C14H17NO3S/c1-11-4-8-14(9-5-11)19(16,17)15(3)10-13-7-6-12(2)18-13/h4-9H,10H2,1-3H3. The number of aryl methyl sites for hydroxylation is 2. The number of sulfonamides is 1. The van der Waals surface area contributed by atoms with Gasteiger partial charge in [0, 0.05) is 7.05 Å². The Kier molecular flexibility index (Phi) is 3.78. The van der Waals surface area contributed by atoms with Crippen LogP contribution >= 0.6 is 0 Å². The van der Waals surface area contributed by atoms with Crippen molar-refractivity contribution in [1.82, 2.24) is 4.31 Å². The number of hydrogen-bond acceptors (Lipinski definition) is 3. The Morgan fingerprint density at radius 3 is 2.21 bits per heavy atom. The van der Waals surface area contributed by atoms with Gasteiger partial charge in [-0.05, 0) is 38.1 Å². The third-order valence-corrected chi connectivity index (χ3v) is 4.72. The lowest BCUT2D eigenvalue weighted by Crippen LogP contribution is -2.26. The fraction of sp³-hybridized carbons (Fsp3) is 0.286. The zero-order valence-electron chi connectivity index (χ0n) is 11.3. The van der Waals surface area contributed by atoms with Crippen LogP contribution in [0.25, 0.3) is 0 Å². The molecule has 0 saturated carbocycles. The zero-order valence-corrected chi connectivity index (χ0v) is 12.1. The second-order valence-corrected chi connectivity index (χ2v) is 6.63. The minimum absolute atomic E-state index is 0.226. The molecular weight excluding hydrogens is 262 g/mol. The molecule has 0 saturated heterocycles. The molecule has 1 aromatic carbocycles. The van der Waals surface area contributed by atoms with Crippen LogP contribution in [0.1, 0.15) is 17.1 Å². The molecule has 2 aromatic rings. The highest BCUT2D eigenvalue weighted by molar-refractivity contribution is 7.89. The first-order valence-electron chi connectivity index (χ1n) is 5.98. The summed E-state index contributed by atoms with van der Waals surface area (Å²) in [6.45, 7) is 3.98. The molecule has 19 heavy (non-hydrogen) atoms. The lowest BCUT2D eigenvalue weighted by atomic mass is 10.2. The molecule has 0 bridgehead atoms. The van der Waals surface area contributed by atoms with Crippen LogP contribution in [0.3, 0.4) is 0 Å². The van der Waals surface area contributed by atoms with Gasteiger partial charge in [0.05, 0.1) is 11.4 Å². The molecule has 0 aliphatic carbocycles. The van der Waals surface area contributed by atoms with Gasteiger partial charge < -0.3 is 4.42 Å². The predicted molar refractivity (Wildman–Crippen MR) is 73.3 cm³/mol. The summed E-state index contributed by atoms with van der Waals surface area (Å²) in [6, 6.07) is 10.4. The molecule has 1 aromatic heterocycles. The Hall–Kier alpha value is -1.59. The molecule has 0 N–H and O–H groups in total. The van der Waals surface area contributed by atoms with E-state index in [2.05, 4.69) is 0 Å². The van der Waals surface area contributed by atoms with Gasteiger partial charge in [0.2, 0.25) is 10.0 Å². The van der Waals surface area contributed by atoms with Crippen molar-refractivity contribution in [1.29, 1.82) is 0 Å². The molecule has 1 heterocycles. The first-order chi connectivity index (χ1) is 8.89. The van der Waals surface area contributed by atoms with Gasteiger partial charge in [0.15, 0.2) is 0 Å². The summed E-state index contributed by atoms with van der Waals surface area (Å²) in [6.07, 6.45) is 0. The Labute approximate surface area is 113 Å². The molecule has 2 rings (SSSR count). The van der Waals surface area contributed by atoms with Gasteiger partial charge >= 0.3 is 0 Å². The fourth-order valence-corrected chi connectivity index (χ4v) is 2.90. The summed E-state index contributed by atoms with van der Waals surface area (Å²) in [5.41, 5.74) is 1.03. The monoisotopic (exact) mass is 279 g/mol. The van der Waals surface area contributed by atoms with Crippen molar-refractivity contribution in [3.8, 4) is 0 Å². The highest BCUT2D eigenvalue weighted by Crippen LogP contribution is 2.18. The van der Waals surface area contributed by atoms with Crippen LogP contribution in [0.15, 0.2) is 45.7 Å². The molecule has 102 valence electrons. The van der Waals surface area contributed by atoms with E-state index in [1.807, 2.05) is 19.9 Å². The van der Waals surface area contributed by atoms with Crippen molar-refractivity contribution in [3.63, 3.8) is 0 Å². The van der Waals surface area contributed by atoms with Crippen LogP contribution in [0.5, 0.6) is 0 Å². The molecule has 0 aliphatic rings. The minimum atomic E-state index is -3.47. The third-order valence-electron chi connectivity index (χ3n) is 2.90. The molecule has 0 unspecified atom stereocenters. The van der Waals surface area contributed by atoms with E-state index in [0.29, 0.717) is 10.7 Å². The summed E-state index contributed by atoms with van der Waals surface area (Å²) in [5.74, 6) is 1.41. The maximum absolute atomic E-state index is 12.3. The van der Waals surface area contributed by atoms with Crippen LogP contribution in [0.2, 0.25) is 0 Å². The van der Waals surface area contributed by atoms with Gasteiger partial charge in [0.25, 0.3) is 0 Å². The minimum Gasteiger partial charge on any atom is -0.465 e. The van der Waals surface area contributed by atoms with Crippen LogP contribution in [0, 0.1) is 13.8 Å². The largest absolute Gasteiger partial charge is 0.465 e. The summed E-state index contributed by atoms with van der Waals surface area (Å²) < 4.78 is 31.4. The topological polar surface area (TPSA) is 50.5 Å². The summed E-state index contributed by atoms with van der Waals surface area (Å²) in [4.78, 5) is 0.295. The fourth-order valence-electron chi connectivity index (χ4n) is 1.76. The van der Waals surface area contributed by atoms with Gasteiger partial charge in [-0.3, -0.25) is 0 Å². The van der Waals surface area contributed by atoms with Crippen LogP contribution in [0.4, 0.5) is 0 Å². The average Bonchev–Trinajstić information content (AvgIpc) is 2.75. The second-order valence-electron chi connectivity index (χ2n) is 4.59. The van der Waals surface area contributed by atoms with E-state index in [1.54, 1.807) is 37.4 Å². The number of furan rings is 1. The highest BCUT2D eigenvalue weighted by atomic mass is 32.2. The van der Waals surface area contributed by atoms with Crippen LogP contribution in [-0.4, -0.2) is 19.8 Å².